The Morgan fingerprint density at radius 1 is 1.43 bits per heavy atom. The lowest BCUT2D eigenvalue weighted by Crippen LogP contribution is -1.96. The molecule has 0 unspecified atom stereocenters. The lowest BCUT2D eigenvalue weighted by Gasteiger charge is -2.06. The van der Waals surface area contributed by atoms with Crippen LogP contribution in [-0.2, 0) is 0 Å². The molecule has 0 saturated heterocycles. The third kappa shape index (κ3) is 1.65. The van der Waals surface area contributed by atoms with Crippen molar-refractivity contribution in [3.63, 3.8) is 0 Å². The van der Waals surface area contributed by atoms with Crippen molar-refractivity contribution >= 4 is 21.6 Å². The van der Waals surface area contributed by atoms with E-state index in [1.54, 1.807) is 6.33 Å². The zero-order valence-corrected chi connectivity index (χ0v) is 9.32. The highest BCUT2D eigenvalue weighted by molar-refractivity contribution is 9.10. The zero-order chi connectivity index (χ0) is 10.1. The smallest absolute Gasteiger partial charge is 0.0995 e. The molecule has 2 rings (SSSR count). The minimum absolute atomic E-state index is 0.741. The Hall–Kier alpha value is -1.29. The molecule has 14 heavy (non-hydrogen) atoms. The second-order valence-electron chi connectivity index (χ2n) is 3.13. The Morgan fingerprint density at radius 3 is 2.86 bits per heavy atom. The number of halogens is 1. The van der Waals surface area contributed by atoms with Crippen LogP contribution in [0.15, 0.2) is 35.2 Å². The van der Waals surface area contributed by atoms with Crippen molar-refractivity contribution in [2.75, 3.05) is 5.73 Å². The van der Waals surface area contributed by atoms with Crippen molar-refractivity contribution in [2.45, 2.75) is 6.92 Å². The first-order valence-electron chi connectivity index (χ1n) is 4.23. The number of nitrogens with two attached hydrogens (primary N) is 1. The molecule has 0 bridgehead atoms. The number of aryl methyl sites for hydroxylation is 1. The van der Waals surface area contributed by atoms with E-state index in [-0.39, 0.29) is 0 Å². The molecule has 72 valence electrons. The van der Waals surface area contributed by atoms with Crippen molar-refractivity contribution in [3.8, 4) is 5.69 Å². The van der Waals surface area contributed by atoms with Gasteiger partial charge < -0.3 is 10.3 Å². The van der Waals surface area contributed by atoms with E-state index in [2.05, 4.69) is 20.9 Å². The number of hydrogen-bond acceptors (Lipinski definition) is 2. The Morgan fingerprint density at radius 2 is 2.21 bits per heavy atom. The van der Waals surface area contributed by atoms with Gasteiger partial charge in [0.2, 0.25) is 0 Å². The topological polar surface area (TPSA) is 43.8 Å². The van der Waals surface area contributed by atoms with Crippen LogP contribution >= 0.6 is 15.9 Å². The third-order valence-corrected chi connectivity index (χ3v) is 2.48. The van der Waals surface area contributed by atoms with Gasteiger partial charge in [-0.25, -0.2) is 4.98 Å². The molecular formula is C10H10BrN3. The first-order valence-corrected chi connectivity index (χ1v) is 5.02. The molecule has 0 radical (unpaired) electrons. The van der Waals surface area contributed by atoms with E-state index in [0.717, 1.165) is 21.5 Å². The summed E-state index contributed by atoms with van der Waals surface area (Å²) in [6.07, 6.45) is 3.70. The fourth-order valence-corrected chi connectivity index (χ4v) is 1.64. The SMILES string of the molecule is Cc1cn(-c2cc(Br)ccc2N)cn1. The molecule has 0 spiro atoms. The number of benzene rings is 1. The average molecular weight is 252 g/mol. The Kier molecular flexibility index (Phi) is 2.29. The second-order valence-corrected chi connectivity index (χ2v) is 4.04. The van der Waals surface area contributed by atoms with Crippen molar-refractivity contribution in [2.24, 2.45) is 0 Å². The molecule has 1 heterocycles. The molecule has 3 nitrogen and oxygen atoms in total. The normalized spacial score (nSPS) is 10.4. The molecule has 0 saturated carbocycles. The number of nitrogens with zero attached hydrogens (tertiary/aromatic N) is 2. The van der Waals surface area contributed by atoms with Gasteiger partial charge in [0, 0.05) is 10.7 Å². The standard InChI is InChI=1S/C10H10BrN3/c1-7-5-14(6-13-7)10-4-8(11)2-3-9(10)12/h2-6H,12H2,1H3. The van der Waals surface area contributed by atoms with Crippen LogP contribution in [0.3, 0.4) is 0 Å². The molecule has 1 aromatic carbocycles. The summed E-state index contributed by atoms with van der Waals surface area (Å²) in [5, 5.41) is 0. The summed E-state index contributed by atoms with van der Waals surface area (Å²) in [5.41, 5.74) is 8.52. The highest BCUT2D eigenvalue weighted by atomic mass is 79.9. The minimum atomic E-state index is 0.741. The van der Waals surface area contributed by atoms with Crippen molar-refractivity contribution in [1.82, 2.24) is 9.55 Å². The number of aromatic nitrogens is 2. The van der Waals surface area contributed by atoms with E-state index < -0.39 is 0 Å². The van der Waals surface area contributed by atoms with Gasteiger partial charge in [0.25, 0.3) is 0 Å². The predicted octanol–water partition coefficient (Wildman–Crippen LogP) is 2.53. The summed E-state index contributed by atoms with van der Waals surface area (Å²) >= 11 is 3.41. The molecule has 2 aromatic rings. The summed E-state index contributed by atoms with van der Waals surface area (Å²) in [4.78, 5) is 4.16. The third-order valence-electron chi connectivity index (χ3n) is 1.98. The predicted molar refractivity (Wildman–Crippen MR) is 60.4 cm³/mol. The largest absolute Gasteiger partial charge is 0.397 e. The summed E-state index contributed by atoms with van der Waals surface area (Å²) in [5.74, 6) is 0. The van der Waals surface area contributed by atoms with Crippen molar-refractivity contribution < 1.29 is 0 Å². The molecular weight excluding hydrogens is 242 g/mol. The van der Waals surface area contributed by atoms with E-state index in [1.165, 1.54) is 0 Å². The van der Waals surface area contributed by atoms with Gasteiger partial charge in [0.05, 0.1) is 23.4 Å². The monoisotopic (exact) mass is 251 g/mol. The highest BCUT2D eigenvalue weighted by Crippen LogP contribution is 2.22. The van der Waals surface area contributed by atoms with Gasteiger partial charge in [0.15, 0.2) is 0 Å². The molecule has 4 heteroatoms. The van der Waals surface area contributed by atoms with E-state index in [9.17, 15) is 0 Å². The van der Waals surface area contributed by atoms with Crippen LogP contribution < -0.4 is 5.73 Å². The maximum Gasteiger partial charge on any atom is 0.0995 e. The Bertz CT molecular complexity index is 462. The molecule has 0 aliphatic heterocycles. The maximum atomic E-state index is 5.86. The molecule has 0 atom stereocenters. The van der Waals surface area contributed by atoms with Crippen LogP contribution in [0.5, 0.6) is 0 Å². The van der Waals surface area contributed by atoms with Crippen LogP contribution in [0.2, 0.25) is 0 Å². The molecule has 0 fully saturated rings. The summed E-state index contributed by atoms with van der Waals surface area (Å²) in [6.45, 7) is 1.95. The van der Waals surface area contributed by atoms with Crippen LogP contribution in [0.25, 0.3) is 5.69 Å². The lowest BCUT2D eigenvalue weighted by atomic mass is 10.3. The fourth-order valence-electron chi connectivity index (χ4n) is 1.29. The first-order chi connectivity index (χ1) is 6.66. The van der Waals surface area contributed by atoms with Crippen molar-refractivity contribution in [1.29, 1.82) is 0 Å². The van der Waals surface area contributed by atoms with Crippen LogP contribution in [0.1, 0.15) is 5.69 Å². The number of rotatable bonds is 1. The van der Waals surface area contributed by atoms with Crippen LogP contribution in [0.4, 0.5) is 5.69 Å². The Labute approximate surface area is 90.7 Å². The molecule has 0 aliphatic carbocycles. The maximum absolute atomic E-state index is 5.86. The van der Waals surface area contributed by atoms with E-state index in [0.29, 0.717) is 0 Å². The summed E-state index contributed by atoms with van der Waals surface area (Å²) < 4.78 is 2.92. The van der Waals surface area contributed by atoms with Crippen LogP contribution in [-0.4, -0.2) is 9.55 Å². The Balaban J connectivity index is 2.55. The van der Waals surface area contributed by atoms with Gasteiger partial charge in [-0.3, -0.25) is 0 Å². The quantitative estimate of drug-likeness (QED) is 0.792. The number of nitrogen functional groups attached to an aromatic ring is 1. The van der Waals surface area contributed by atoms with Crippen molar-refractivity contribution in [3.05, 3.63) is 40.9 Å². The lowest BCUT2D eigenvalue weighted by molar-refractivity contribution is 1.06. The number of imidazole rings is 1. The average Bonchev–Trinajstić information content (AvgIpc) is 2.56. The summed E-state index contributed by atoms with van der Waals surface area (Å²) in [7, 11) is 0. The molecule has 0 amide bonds. The molecule has 1 aromatic heterocycles. The number of hydrogen-bond donors (Lipinski definition) is 1. The summed E-state index contributed by atoms with van der Waals surface area (Å²) in [6, 6.07) is 5.76. The van der Waals surface area contributed by atoms with Gasteiger partial charge in [0.1, 0.15) is 0 Å². The van der Waals surface area contributed by atoms with Crippen LogP contribution in [0, 0.1) is 6.92 Å². The first kappa shape index (κ1) is 9.27. The fraction of sp³-hybridized carbons (Fsp3) is 0.100. The minimum Gasteiger partial charge on any atom is -0.397 e. The van der Waals surface area contributed by atoms with E-state index in [1.807, 2.05) is 35.9 Å². The van der Waals surface area contributed by atoms with Gasteiger partial charge in [-0.2, -0.15) is 0 Å². The van der Waals surface area contributed by atoms with Gasteiger partial charge in [-0.15, -0.1) is 0 Å². The molecule has 0 aliphatic rings. The van der Waals surface area contributed by atoms with E-state index in [4.69, 9.17) is 5.73 Å². The van der Waals surface area contributed by atoms with E-state index >= 15 is 0 Å². The van der Waals surface area contributed by atoms with Gasteiger partial charge >= 0.3 is 0 Å². The number of anilines is 1. The zero-order valence-electron chi connectivity index (χ0n) is 7.74. The highest BCUT2D eigenvalue weighted by Gasteiger charge is 2.02. The second kappa shape index (κ2) is 3.46. The van der Waals surface area contributed by atoms with Gasteiger partial charge in [-0.05, 0) is 25.1 Å². The van der Waals surface area contributed by atoms with Gasteiger partial charge in [-0.1, -0.05) is 15.9 Å². The molecule has 2 N–H and O–H groups in total.